The zero-order valence-electron chi connectivity index (χ0n) is 9.15. The highest BCUT2D eigenvalue weighted by Gasteiger charge is 2.24. The Kier molecular flexibility index (Phi) is 5.01. The van der Waals surface area contributed by atoms with Gasteiger partial charge in [0.1, 0.15) is 0 Å². The van der Waals surface area contributed by atoms with Crippen molar-refractivity contribution in [3.8, 4) is 0 Å². The van der Waals surface area contributed by atoms with Gasteiger partial charge in [-0.25, -0.2) is 0 Å². The van der Waals surface area contributed by atoms with E-state index in [2.05, 4.69) is 5.32 Å². The summed E-state index contributed by atoms with van der Waals surface area (Å²) in [5.74, 6) is 0.164. The second-order valence-electron chi connectivity index (χ2n) is 4.14. The number of piperidine rings is 1. The smallest absolute Gasteiger partial charge is 0.234 e. The van der Waals surface area contributed by atoms with Gasteiger partial charge in [0, 0.05) is 19.6 Å². The Balaban J connectivity index is 2.24. The number of nitrogens with zero attached hydrogens (tertiary/aromatic N) is 1. The lowest BCUT2D eigenvalue weighted by Crippen LogP contribution is -2.46. The maximum atomic E-state index is 11.3. The van der Waals surface area contributed by atoms with E-state index < -0.39 is 0 Å². The van der Waals surface area contributed by atoms with Crippen molar-refractivity contribution in [3.05, 3.63) is 0 Å². The summed E-state index contributed by atoms with van der Waals surface area (Å²) in [4.78, 5) is 13.4. The van der Waals surface area contributed by atoms with Crippen LogP contribution < -0.4 is 5.32 Å². The van der Waals surface area contributed by atoms with Gasteiger partial charge in [-0.15, -0.1) is 0 Å². The van der Waals surface area contributed by atoms with Crippen LogP contribution in [0.1, 0.15) is 13.3 Å². The first kappa shape index (κ1) is 12.4. The van der Waals surface area contributed by atoms with E-state index in [0.29, 0.717) is 13.1 Å². The van der Waals surface area contributed by atoms with Crippen LogP contribution in [0.5, 0.6) is 0 Å². The molecule has 88 valence electrons. The van der Waals surface area contributed by atoms with Gasteiger partial charge in [0.25, 0.3) is 0 Å². The molecule has 0 aromatic rings. The molecule has 1 aliphatic heterocycles. The van der Waals surface area contributed by atoms with E-state index in [9.17, 15) is 9.90 Å². The monoisotopic (exact) mass is 216 g/mol. The molecule has 0 aliphatic carbocycles. The molecule has 0 bridgehead atoms. The summed E-state index contributed by atoms with van der Waals surface area (Å²) in [6.45, 7) is 4.15. The van der Waals surface area contributed by atoms with E-state index in [1.807, 2.05) is 11.8 Å². The molecule has 1 fully saturated rings. The number of hydrogen-bond acceptors (Lipinski definition) is 4. The van der Waals surface area contributed by atoms with Crippen LogP contribution in [0.15, 0.2) is 0 Å². The average molecular weight is 216 g/mol. The van der Waals surface area contributed by atoms with E-state index in [1.54, 1.807) is 0 Å². The number of amides is 1. The topological polar surface area (TPSA) is 72.8 Å². The number of rotatable bonds is 4. The van der Waals surface area contributed by atoms with E-state index in [-0.39, 0.29) is 24.5 Å². The molecule has 2 unspecified atom stereocenters. The lowest BCUT2D eigenvalue weighted by Gasteiger charge is -2.33. The summed E-state index contributed by atoms with van der Waals surface area (Å²) >= 11 is 0. The first-order valence-electron chi connectivity index (χ1n) is 5.41. The fraction of sp³-hybridized carbons (Fsp3) is 0.900. The molecular weight excluding hydrogens is 196 g/mol. The van der Waals surface area contributed by atoms with Gasteiger partial charge in [-0.1, -0.05) is 6.92 Å². The minimum absolute atomic E-state index is 0.0269. The summed E-state index contributed by atoms with van der Waals surface area (Å²) in [7, 11) is 0. The van der Waals surface area contributed by atoms with Crippen LogP contribution in [0.4, 0.5) is 0 Å². The number of aliphatic hydroxyl groups excluding tert-OH is 2. The molecule has 1 amide bonds. The lowest BCUT2D eigenvalue weighted by atomic mass is 9.97. The quantitative estimate of drug-likeness (QED) is 0.552. The Morgan fingerprint density at radius 2 is 2.33 bits per heavy atom. The summed E-state index contributed by atoms with van der Waals surface area (Å²) in [6.07, 6.45) is 0.496. The SMILES string of the molecule is CC1CN(CC(=O)NCCO)CCC1O. The summed E-state index contributed by atoms with van der Waals surface area (Å²) in [5.41, 5.74) is 0. The van der Waals surface area contributed by atoms with Gasteiger partial charge in [-0.05, 0) is 12.3 Å². The Labute approximate surface area is 90.1 Å². The molecule has 0 spiro atoms. The van der Waals surface area contributed by atoms with Gasteiger partial charge in [0.05, 0.1) is 19.3 Å². The molecular formula is C10H20N2O3. The standard InChI is InChI=1S/C10H20N2O3/c1-8-6-12(4-2-9(8)14)7-10(15)11-3-5-13/h8-9,13-14H,2-7H2,1H3,(H,11,15). The Hall–Kier alpha value is -0.650. The van der Waals surface area contributed by atoms with Gasteiger partial charge in [-0.2, -0.15) is 0 Å². The zero-order valence-corrected chi connectivity index (χ0v) is 9.15. The minimum atomic E-state index is -0.234. The van der Waals surface area contributed by atoms with Crippen LogP contribution in [-0.2, 0) is 4.79 Å². The van der Waals surface area contributed by atoms with E-state index in [1.165, 1.54) is 0 Å². The highest BCUT2D eigenvalue weighted by Crippen LogP contribution is 2.15. The molecule has 0 radical (unpaired) electrons. The van der Waals surface area contributed by atoms with Crippen molar-refractivity contribution in [1.82, 2.24) is 10.2 Å². The lowest BCUT2D eigenvalue weighted by molar-refractivity contribution is -0.123. The second kappa shape index (κ2) is 6.05. The molecule has 1 saturated heterocycles. The fourth-order valence-electron chi connectivity index (χ4n) is 1.82. The average Bonchev–Trinajstić information content (AvgIpc) is 2.20. The number of likely N-dealkylation sites (tertiary alicyclic amines) is 1. The third-order valence-corrected chi connectivity index (χ3v) is 2.75. The fourth-order valence-corrected chi connectivity index (χ4v) is 1.82. The van der Waals surface area contributed by atoms with Crippen molar-refractivity contribution in [3.63, 3.8) is 0 Å². The van der Waals surface area contributed by atoms with Crippen LogP contribution >= 0.6 is 0 Å². The van der Waals surface area contributed by atoms with Crippen molar-refractivity contribution in [2.45, 2.75) is 19.4 Å². The van der Waals surface area contributed by atoms with Crippen LogP contribution in [-0.4, -0.2) is 59.9 Å². The van der Waals surface area contributed by atoms with E-state index >= 15 is 0 Å². The van der Waals surface area contributed by atoms with E-state index in [4.69, 9.17) is 5.11 Å². The Morgan fingerprint density at radius 1 is 1.60 bits per heavy atom. The maximum absolute atomic E-state index is 11.3. The van der Waals surface area contributed by atoms with Crippen molar-refractivity contribution >= 4 is 5.91 Å². The highest BCUT2D eigenvalue weighted by molar-refractivity contribution is 5.77. The van der Waals surface area contributed by atoms with Crippen molar-refractivity contribution in [1.29, 1.82) is 0 Å². The molecule has 5 nitrogen and oxygen atoms in total. The van der Waals surface area contributed by atoms with Crippen LogP contribution in [0.2, 0.25) is 0 Å². The van der Waals surface area contributed by atoms with Crippen LogP contribution in [0, 0.1) is 5.92 Å². The number of hydrogen-bond donors (Lipinski definition) is 3. The first-order chi connectivity index (χ1) is 7.13. The second-order valence-corrected chi connectivity index (χ2v) is 4.14. The van der Waals surface area contributed by atoms with Gasteiger partial charge in [0.15, 0.2) is 0 Å². The summed E-state index contributed by atoms with van der Waals surface area (Å²) < 4.78 is 0. The van der Waals surface area contributed by atoms with Gasteiger partial charge in [-0.3, -0.25) is 9.69 Å². The van der Waals surface area contributed by atoms with Gasteiger partial charge < -0.3 is 15.5 Å². The number of aliphatic hydroxyl groups is 2. The number of nitrogens with one attached hydrogen (secondary N) is 1. The number of carbonyl (C=O) groups is 1. The van der Waals surface area contributed by atoms with Gasteiger partial charge in [0.2, 0.25) is 5.91 Å². The summed E-state index contributed by atoms with van der Waals surface area (Å²) in [5, 5.41) is 20.7. The van der Waals surface area contributed by atoms with Crippen molar-refractivity contribution < 1.29 is 15.0 Å². The molecule has 1 rings (SSSR count). The maximum Gasteiger partial charge on any atom is 0.234 e. The minimum Gasteiger partial charge on any atom is -0.395 e. The van der Waals surface area contributed by atoms with Crippen molar-refractivity contribution in [2.75, 3.05) is 32.8 Å². The molecule has 1 aliphatic rings. The van der Waals surface area contributed by atoms with E-state index in [0.717, 1.165) is 19.5 Å². The largest absolute Gasteiger partial charge is 0.395 e. The molecule has 3 N–H and O–H groups in total. The summed E-state index contributed by atoms with van der Waals surface area (Å²) in [6, 6.07) is 0. The highest BCUT2D eigenvalue weighted by atomic mass is 16.3. The van der Waals surface area contributed by atoms with Gasteiger partial charge >= 0.3 is 0 Å². The zero-order chi connectivity index (χ0) is 11.3. The predicted octanol–water partition coefficient (Wildman–Crippen LogP) is -1.20. The molecule has 5 heteroatoms. The molecule has 2 atom stereocenters. The molecule has 0 aromatic heterocycles. The third kappa shape index (κ3) is 4.15. The van der Waals surface area contributed by atoms with Crippen LogP contribution in [0.3, 0.4) is 0 Å². The molecule has 0 aromatic carbocycles. The molecule has 15 heavy (non-hydrogen) atoms. The number of carbonyl (C=O) groups excluding carboxylic acids is 1. The molecule has 0 saturated carbocycles. The predicted molar refractivity (Wildman–Crippen MR) is 56.3 cm³/mol. The van der Waals surface area contributed by atoms with Crippen LogP contribution in [0.25, 0.3) is 0 Å². The third-order valence-electron chi connectivity index (χ3n) is 2.75. The Bertz CT molecular complexity index is 211. The van der Waals surface area contributed by atoms with Crippen molar-refractivity contribution in [2.24, 2.45) is 5.92 Å². The normalized spacial score (nSPS) is 27.7. The Morgan fingerprint density at radius 3 is 2.93 bits per heavy atom. The molecule has 1 heterocycles. The first-order valence-corrected chi connectivity index (χ1v) is 5.41.